The Bertz CT molecular complexity index is 443. The highest BCUT2D eigenvalue weighted by atomic mass is 16.3. The Morgan fingerprint density at radius 1 is 1.41 bits per heavy atom. The fourth-order valence-electron chi connectivity index (χ4n) is 2.44. The van der Waals surface area contributed by atoms with Crippen molar-refractivity contribution < 1.29 is 15.0 Å². The third-order valence-corrected chi connectivity index (χ3v) is 3.21. The van der Waals surface area contributed by atoms with E-state index in [0.717, 1.165) is 30.4 Å². The number of phenolic OH excluding ortho intramolecular Hbond substituents is 2. The second-order valence-electron chi connectivity index (χ2n) is 4.56. The van der Waals surface area contributed by atoms with E-state index in [-0.39, 0.29) is 23.4 Å². The van der Waals surface area contributed by atoms with Crippen LogP contribution in [0, 0.1) is 0 Å². The van der Waals surface area contributed by atoms with Crippen LogP contribution in [-0.2, 0) is 17.6 Å². The standard InChI is InChI=1S/C13H17NO3/c1-8(15)14-10-3-2-4-11-9(7-10)5-6-12(16)13(11)17/h5-6,10,16-17H,2-4,7H2,1H3,(H,14,15). The van der Waals surface area contributed by atoms with Crippen LogP contribution in [0.3, 0.4) is 0 Å². The van der Waals surface area contributed by atoms with Gasteiger partial charge in [-0.1, -0.05) is 6.07 Å². The average Bonchev–Trinajstić information content (AvgIpc) is 2.45. The van der Waals surface area contributed by atoms with Crippen molar-refractivity contribution in [3.8, 4) is 11.5 Å². The van der Waals surface area contributed by atoms with Gasteiger partial charge in [0.2, 0.25) is 5.91 Å². The van der Waals surface area contributed by atoms with E-state index in [4.69, 9.17) is 0 Å². The topological polar surface area (TPSA) is 69.6 Å². The number of benzene rings is 1. The fourth-order valence-corrected chi connectivity index (χ4v) is 2.44. The summed E-state index contributed by atoms with van der Waals surface area (Å²) in [5, 5.41) is 22.2. The number of nitrogens with one attached hydrogen (secondary N) is 1. The van der Waals surface area contributed by atoms with Crippen molar-refractivity contribution in [2.75, 3.05) is 0 Å². The van der Waals surface area contributed by atoms with E-state index in [1.807, 2.05) is 6.07 Å². The molecule has 4 nitrogen and oxygen atoms in total. The van der Waals surface area contributed by atoms with Gasteiger partial charge >= 0.3 is 0 Å². The van der Waals surface area contributed by atoms with Crippen molar-refractivity contribution in [3.05, 3.63) is 23.3 Å². The first-order chi connectivity index (χ1) is 8.08. The van der Waals surface area contributed by atoms with Crippen LogP contribution in [0.1, 0.15) is 30.9 Å². The van der Waals surface area contributed by atoms with Crippen molar-refractivity contribution in [1.29, 1.82) is 0 Å². The summed E-state index contributed by atoms with van der Waals surface area (Å²) < 4.78 is 0. The van der Waals surface area contributed by atoms with Gasteiger partial charge < -0.3 is 15.5 Å². The Morgan fingerprint density at radius 3 is 2.88 bits per heavy atom. The number of carbonyl (C=O) groups excluding carboxylic acids is 1. The number of hydrogen-bond acceptors (Lipinski definition) is 3. The van der Waals surface area contributed by atoms with E-state index < -0.39 is 0 Å². The lowest BCUT2D eigenvalue weighted by atomic mass is 10.0. The third kappa shape index (κ3) is 2.52. The van der Waals surface area contributed by atoms with Gasteiger partial charge in [-0.05, 0) is 37.3 Å². The van der Waals surface area contributed by atoms with Crippen LogP contribution in [-0.4, -0.2) is 22.2 Å². The minimum Gasteiger partial charge on any atom is -0.504 e. The normalized spacial score (nSPS) is 19.2. The summed E-state index contributed by atoms with van der Waals surface area (Å²) in [6, 6.07) is 3.45. The molecule has 0 aromatic heterocycles. The molecule has 92 valence electrons. The molecule has 2 rings (SSSR count). The maximum atomic E-state index is 11.1. The molecule has 0 spiro atoms. The monoisotopic (exact) mass is 235 g/mol. The van der Waals surface area contributed by atoms with E-state index in [0.29, 0.717) is 6.42 Å². The molecular weight excluding hydrogens is 218 g/mol. The molecule has 0 saturated carbocycles. The third-order valence-electron chi connectivity index (χ3n) is 3.21. The van der Waals surface area contributed by atoms with Crippen LogP contribution < -0.4 is 5.32 Å². The Balaban J connectivity index is 2.26. The van der Waals surface area contributed by atoms with Crippen molar-refractivity contribution in [1.82, 2.24) is 5.32 Å². The highest BCUT2D eigenvalue weighted by Gasteiger charge is 2.20. The SMILES string of the molecule is CC(=O)NC1CCCc2c(ccc(O)c2O)C1. The van der Waals surface area contributed by atoms with Crippen LogP contribution in [0.15, 0.2) is 12.1 Å². The molecule has 1 atom stereocenters. The molecule has 1 aromatic carbocycles. The van der Waals surface area contributed by atoms with Gasteiger partial charge in [-0.15, -0.1) is 0 Å². The second-order valence-corrected chi connectivity index (χ2v) is 4.56. The molecule has 0 fully saturated rings. The average molecular weight is 235 g/mol. The first-order valence-corrected chi connectivity index (χ1v) is 5.87. The van der Waals surface area contributed by atoms with Crippen LogP contribution >= 0.6 is 0 Å². The molecule has 1 amide bonds. The maximum absolute atomic E-state index is 11.1. The molecule has 3 N–H and O–H groups in total. The number of aromatic hydroxyl groups is 2. The smallest absolute Gasteiger partial charge is 0.217 e. The first-order valence-electron chi connectivity index (χ1n) is 5.87. The lowest BCUT2D eigenvalue weighted by Crippen LogP contribution is -2.34. The summed E-state index contributed by atoms with van der Waals surface area (Å²) in [7, 11) is 0. The highest BCUT2D eigenvalue weighted by Crippen LogP contribution is 2.35. The Morgan fingerprint density at radius 2 is 2.18 bits per heavy atom. The van der Waals surface area contributed by atoms with E-state index in [2.05, 4.69) is 5.32 Å². The van der Waals surface area contributed by atoms with Crippen LogP contribution in [0.25, 0.3) is 0 Å². The number of rotatable bonds is 1. The lowest BCUT2D eigenvalue weighted by Gasteiger charge is -2.15. The highest BCUT2D eigenvalue weighted by molar-refractivity contribution is 5.73. The van der Waals surface area contributed by atoms with E-state index in [9.17, 15) is 15.0 Å². The Labute approximate surface area is 100 Å². The molecule has 1 aliphatic rings. The molecular formula is C13H17NO3. The fraction of sp³-hybridized carbons (Fsp3) is 0.462. The quantitative estimate of drug-likeness (QED) is 0.510. The number of amides is 1. The van der Waals surface area contributed by atoms with Crippen molar-refractivity contribution >= 4 is 5.91 Å². The molecule has 4 heteroatoms. The van der Waals surface area contributed by atoms with Gasteiger partial charge in [-0.3, -0.25) is 4.79 Å². The molecule has 0 aliphatic heterocycles. The first kappa shape index (κ1) is 11.8. The molecule has 0 saturated heterocycles. The summed E-state index contributed by atoms with van der Waals surface area (Å²) in [4.78, 5) is 11.1. The number of hydrogen-bond donors (Lipinski definition) is 3. The van der Waals surface area contributed by atoms with E-state index in [1.54, 1.807) is 0 Å². The van der Waals surface area contributed by atoms with Crippen LogP contribution in [0.4, 0.5) is 0 Å². The zero-order chi connectivity index (χ0) is 12.4. The van der Waals surface area contributed by atoms with Crippen LogP contribution in [0.5, 0.6) is 11.5 Å². The molecule has 17 heavy (non-hydrogen) atoms. The predicted molar refractivity (Wildman–Crippen MR) is 64.0 cm³/mol. The number of fused-ring (bicyclic) bond motifs is 1. The molecule has 0 heterocycles. The maximum Gasteiger partial charge on any atom is 0.217 e. The van der Waals surface area contributed by atoms with Crippen molar-refractivity contribution in [2.24, 2.45) is 0 Å². The minimum absolute atomic E-state index is 0.00836. The minimum atomic E-state index is -0.0678. The number of phenols is 2. The van der Waals surface area contributed by atoms with Gasteiger partial charge in [0, 0.05) is 18.5 Å². The van der Waals surface area contributed by atoms with Gasteiger partial charge in [-0.25, -0.2) is 0 Å². The van der Waals surface area contributed by atoms with Gasteiger partial charge in [0.1, 0.15) is 0 Å². The summed E-state index contributed by atoms with van der Waals surface area (Å²) in [6.07, 6.45) is 3.25. The summed E-state index contributed by atoms with van der Waals surface area (Å²) in [5.74, 6) is -0.103. The Kier molecular flexibility index (Phi) is 3.22. The lowest BCUT2D eigenvalue weighted by molar-refractivity contribution is -0.119. The summed E-state index contributed by atoms with van der Waals surface area (Å²) in [5.41, 5.74) is 1.83. The van der Waals surface area contributed by atoms with E-state index in [1.165, 1.54) is 13.0 Å². The zero-order valence-electron chi connectivity index (χ0n) is 9.86. The van der Waals surface area contributed by atoms with Gasteiger partial charge in [0.25, 0.3) is 0 Å². The Hall–Kier alpha value is -1.71. The van der Waals surface area contributed by atoms with Gasteiger partial charge in [0.15, 0.2) is 11.5 Å². The second kappa shape index (κ2) is 4.65. The molecule has 0 radical (unpaired) electrons. The van der Waals surface area contributed by atoms with Crippen LogP contribution in [0.2, 0.25) is 0 Å². The zero-order valence-corrected chi connectivity index (χ0v) is 9.86. The van der Waals surface area contributed by atoms with Gasteiger partial charge in [0.05, 0.1) is 0 Å². The predicted octanol–water partition coefficient (Wildman–Crippen LogP) is 1.48. The molecule has 1 aromatic rings. The number of carbonyl (C=O) groups is 1. The van der Waals surface area contributed by atoms with Crippen molar-refractivity contribution in [2.45, 2.75) is 38.6 Å². The summed E-state index contributed by atoms with van der Waals surface area (Å²) >= 11 is 0. The van der Waals surface area contributed by atoms with Gasteiger partial charge in [-0.2, -0.15) is 0 Å². The largest absolute Gasteiger partial charge is 0.504 e. The summed E-state index contributed by atoms with van der Waals surface area (Å²) in [6.45, 7) is 1.51. The molecule has 1 unspecified atom stereocenters. The van der Waals surface area contributed by atoms with E-state index >= 15 is 0 Å². The van der Waals surface area contributed by atoms with Crippen molar-refractivity contribution in [3.63, 3.8) is 0 Å². The molecule has 0 bridgehead atoms. The molecule has 1 aliphatic carbocycles.